The van der Waals surface area contributed by atoms with Crippen molar-refractivity contribution >= 4 is 46.1 Å². The quantitative estimate of drug-likeness (QED) is 0.0382. The van der Waals surface area contributed by atoms with Crippen LogP contribution in [-0.4, -0.2) is 92.5 Å². The highest BCUT2D eigenvalue weighted by atomic mass is 31.2. The van der Waals surface area contributed by atoms with Gasteiger partial charge in [0, 0.05) is 21.2 Å². The zero-order chi connectivity index (χ0) is 43.0. The van der Waals surface area contributed by atoms with Crippen molar-refractivity contribution in [1.82, 2.24) is 0 Å². The molecule has 326 valence electrons. The molecule has 0 fully saturated rings. The third-order valence-electron chi connectivity index (χ3n) is 9.72. The van der Waals surface area contributed by atoms with Crippen LogP contribution in [0.4, 0.5) is 0 Å². The van der Waals surface area contributed by atoms with Crippen molar-refractivity contribution in [2.24, 2.45) is 0 Å². The Hall–Kier alpha value is -4.86. The summed E-state index contributed by atoms with van der Waals surface area (Å²) in [4.78, 5) is 0. The molecule has 12 heteroatoms. The van der Waals surface area contributed by atoms with Gasteiger partial charge < -0.3 is 47.0 Å². The summed E-state index contributed by atoms with van der Waals surface area (Å²) in [5.74, 6) is 1.16. The van der Waals surface area contributed by atoms with Gasteiger partial charge in [0.25, 0.3) is 0 Å². The average Bonchev–Trinajstić information content (AvgIpc) is 3.34. The lowest BCUT2D eigenvalue weighted by molar-refractivity contribution is -0.0187. The van der Waals surface area contributed by atoms with Crippen molar-refractivity contribution in [3.63, 3.8) is 0 Å². The van der Waals surface area contributed by atoms with Crippen LogP contribution in [0.2, 0.25) is 0 Å². The molecular weight excluding hydrogens is 822 g/mol. The second-order valence-electron chi connectivity index (χ2n) is 13.9. The lowest BCUT2D eigenvalue weighted by Gasteiger charge is -2.22. The number of benzene rings is 6. The van der Waals surface area contributed by atoms with E-state index in [9.17, 15) is 9.13 Å². The summed E-state index contributed by atoms with van der Waals surface area (Å²) in [6.07, 6.45) is 0. The predicted octanol–water partition coefficient (Wildman–Crippen LogP) is 6.52. The lowest BCUT2D eigenvalue weighted by Crippen LogP contribution is -2.26. The minimum Gasteiger partial charge on any atom is -0.490 e. The first-order valence-corrected chi connectivity index (χ1v) is 24.4. The Labute approximate surface area is 365 Å². The molecule has 6 aromatic rings. The van der Waals surface area contributed by atoms with Crippen molar-refractivity contribution in [1.29, 1.82) is 0 Å². The van der Waals surface area contributed by atoms with Gasteiger partial charge in [-0.15, -0.1) is 0 Å². The van der Waals surface area contributed by atoms with E-state index >= 15 is 0 Å². The Morgan fingerprint density at radius 1 is 0.258 bits per heavy atom. The third-order valence-corrected chi connectivity index (χ3v) is 15.9. The first-order chi connectivity index (χ1) is 30.6. The van der Waals surface area contributed by atoms with E-state index < -0.39 is 14.3 Å². The first-order valence-electron chi connectivity index (χ1n) is 21.0. The van der Waals surface area contributed by atoms with Crippen LogP contribution < -0.4 is 41.3 Å². The molecule has 0 amide bonds. The Kier molecular flexibility index (Phi) is 19.5. The standard InChI is InChI=1S/C50H56O10P2/c51-61(43-17-5-1-6-18-43,44-19-7-2-8-20-44)49-27-15-13-25-47(49)59-41-39-57-37-35-55-33-31-53-29-30-54-32-34-56-36-38-58-40-42-60-48-26-14-16-28-50(48)62(52,45-21-9-3-10-22-45)46-23-11-4-12-24-46/h1-28H,29-42H2. The van der Waals surface area contributed by atoms with E-state index in [0.29, 0.717) is 115 Å². The summed E-state index contributed by atoms with van der Waals surface area (Å²) >= 11 is 0. The van der Waals surface area contributed by atoms with Crippen LogP contribution in [0, 0.1) is 0 Å². The highest BCUT2D eigenvalue weighted by Crippen LogP contribution is 2.46. The topological polar surface area (TPSA) is 108 Å². The number of hydrogen-bond acceptors (Lipinski definition) is 10. The van der Waals surface area contributed by atoms with Crippen LogP contribution in [0.25, 0.3) is 0 Å². The molecule has 0 aromatic heterocycles. The summed E-state index contributed by atoms with van der Waals surface area (Å²) in [6.45, 7) is 5.78. The highest BCUT2D eigenvalue weighted by Gasteiger charge is 2.33. The van der Waals surface area contributed by atoms with Crippen LogP contribution >= 0.6 is 14.3 Å². The molecule has 0 unspecified atom stereocenters. The fraction of sp³-hybridized carbons (Fsp3) is 0.280. The maximum atomic E-state index is 14.8. The van der Waals surface area contributed by atoms with Crippen LogP contribution in [0.3, 0.4) is 0 Å². The van der Waals surface area contributed by atoms with Gasteiger partial charge in [-0.05, 0) is 24.3 Å². The van der Waals surface area contributed by atoms with Gasteiger partial charge in [0.15, 0.2) is 14.3 Å². The molecule has 0 aliphatic carbocycles. The number of rotatable bonds is 29. The summed E-state index contributed by atoms with van der Waals surface area (Å²) < 4.78 is 75.7. The van der Waals surface area contributed by atoms with E-state index in [4.69, 9.17) is 37.9 Å². The molecule has 0 saturated carbocycles. The Bertz CT molecular complexity index is 2000. The zero-order valence-electron chi connectivity index (χ0n) is 35.0. The smallest absolute Gasteiger partial charge is 0.174 e. The Morgan fingerprint density at radius 3 is 0.726 bits per heavy atom. The van der Waals surface area contributed by atoms with Gasteiger partial charge in [-0.25, -0.2) is 0 Å². The molecule has 0 heterocycles. The molecule has 0 spiro atoms. The van der Waals surface area contributed by atoms with E-state index in [2.05, 4.69) is 0 Å². The summed E-state index contributed by atoms with van der Waals surface area (Å²) in [7, 11) is -6.32. The van der Waals surface area contributed by atoms with Crippen LogP contribution in [0.1, 0.15) is 0 Å². The minimum absolute atomic E-state index is 0.312. The van der Waals surface area contributed by atoms with Gasteiger partial charge in [-0.1, -0.05) is 146 Å². The molecule has 0 N–H and O–H groups in total. The van der Waals surface area contributed by atoms with Gasteiger partial charge in [0.05, 0.1) is 89.9 Å². The molecular formula is C50H56O10P2. The van der Waals surface area contributed by atoms with Gasteiger partial charge in [-0.2, -0.15) is 0 Å². The van der Waals surface area contributed by atoms with Crippen LogP contribution in [0.15, 0.2) is 170 Å². The number of ether oxygens (including phenoxy) is 8. The van der Waals surface area contributed by atoms with Crippen molar-refractivity contribution in [2.45, 2.75) is 0 Å². The van der Waals surface area contributed by atoms with Gasteiger partial charge in [0.2, 0.25) is 0 Å². The molecule has 0 radical (unpaired) electrons. The molecule has 0 saturated heterocycles. The van der Waals surface area contributed by atoms with Crippen molar-refractivity contribution in [2.75, 3.05) is 92.5 Å². The maximum absolute atomic E-state index is 14.8. The maximum Gasteiger partial charge on any atom is 0.174 e. The molecule has 0 aliphatic rings. The molecule has 10 nitrogen and oxygen atoms in total. The first kappa shape index (κ1) is 46.6. The second kappa shape index (κ2) is 25.9. The SMILES string of the molecule is O=P(c1ccccc1)(c1ccccc1)c1ccccc1OCCOCCOCCOCCOCCOCCOCCOc1ccccc1P(=O)(c1ccccc1)c1ccccc1. The van der Waals surface area contributed by atoms with E-state index in [0.717, 1.165) is 21.2 Å². The molecule has 6 rings (SSSR count). The summed E-state index contributed by atoms with van der Waals surface area (Å²) in [5.41, 5.74) is 0. The van der Waals surface area contributed by atoms with E-state index in [1.165, 1.54) is 0 Å². The fourth-order valence-electron chi connectivity index (χ4n) is 6.71. The van der Waals surface area contributed by atoms with Crippen molar-refractivity contribution in [3.8, 4) is 11.5 Å². The zero-order valence-corrected chi connectivity index (χ0v) is 36.8. The van der Waals surface area contributed by atoms with E-state index in [-0.39, 0.29) is 0 Å². The summed E-state index contributed by atoms with van der Waals surface area (Å²) in [6, 6.07) is 53.3. The largest absolute Gasteiger partial charge is 0.490 e. The predicted molar refractivity (Wildman–Crippen MR) is 248 cm³/mol. The molecule has 6 aromatic carbocycles. The Morgan fingerprint density at radius 2 is 0.468 bits per heavy atom. The summed E-state index contributed by atoms with van der Waals surface area (Å²) in [5, 5.41) is 4.36. The monoisotopic (exact) mass is 878 g/mol. The third kappa shape index (κ3) is 13.3. The lowest BCUT2D eigenvalue weighted by atomic mass is 10.3. The van der Waals surface area contributed by atoms with E-state index in [1.807, 2.05) is 170 Å². The van der Waals surface area contributed by atoms with Crippen LogP contribution in [0.5, 0.6) is 11.5 Å². The second-order valence-corrected chi connectivity index (χ2v) is 19.3. The molecule has 0 aliphatic heterocycles. The molecule has 0 atom stereocenters. The fourth-order valence-corrected chi connectivity index (χ4v) is 12.3. The highest BCUT2D eigenvalue weighted by molar-refractivity contribution is 7.86. The van der Waals surface area contributed by atoms with Gasteiger partial charge in [0.1, 0.15) is 24.7 Å². The van der Waals surface area contributed by atoms with Crippen molar-refractivity contribution < 1.29 is 47.0 Å². The van der Waals surface area contributed by atoms with Crippen LogP contribution in [-0.2, 0) is 37.6 Å². The molecule has 0 bridgehead atoms. The number of para-hydroxylation sites is 2. The van der Waals surface area contributed by atoms with Gasteiger partial charge >= 0.3 is 0 Å². The van der Waals surface area contributed by atoms with Gasteiger partial charge in [-0.3, -0.25) is 0 Å². The Balaban J connectivity index is 0.755. The normalized spacial score (nSPS) is 11.7. The average molecular weight is 879 g/mol. The number of hydrogen-bond donors (Lipinski definition) is 0. The minimum atomic E-state index is -3.16. The van der Waals surface area contributed by atoms with E-state index in [1.54, 1.807) is 0 Å². The van der Waals surface area contributed by atoms with Crippen molar-refractivity contribution in [3.05, 3.63) is 170 Å². The molecule has 62 heavy (non-hydrogen) atoms.